The van der Waals surface area contributed by atoms with Gasteiger partial charge in [-0.15, -0.1) is 6.42 Å². The summed E-state index contributed by atoms with van der Waals surface area (Å²) in [6, 6.07) is 0.0857. The fourth-order valence-corrected chi connectivity index (χ4v) is 2.35. The van der Waals surface area contributed by atoms with Gasteiger partial charge in [0.15, 0.2) is 0 Å². The molecule has 5 nitrogen and oxygen atoms in total. The molecule has 1 amide bonds. The van der Waals surface area contributed by atoms with Crippen LogP contribution in [0, 0.1) is 12.3 Å². The summed E-state index contributed by atoms with van der Waals surface area (Å²) in [6.45, 7) is 0.673. The number of hydrogen-bond acceptors (Lipinski definition) is 3. The summed E-state index contributed by atoms with van der Waals surface area (Å²) >= 11 is 0. The van der Waals surface area contributed by atoms with Crippen LogP contribution in [0.4, 0.5) is 0 Å². The molecule has 0 bridgehead atoms. The van der Waals surface area contributed by atoms with Gasteiger partial charge >= 0.3 is 0 Å². The first-order valence-electron chi connectivity index (χ1n) is 6.16. The van der Waals surface area contributed by atoms with Crippen molar-refractivity contribution in [2.45, 2.75) is 25.3 Å². The third-order valence-corrected chi connectivity index (χ3v) is 3.22. The quantitative estimate of drug-likeness (QED) is 0.587. The molecule has 0 saturated carbocycles. The molecule has 0 spiro atoms. The van der Waals surface area contributed by atoms with Gasteiger partial charge in [0, 0.05) is 18.3 Å². The number of fused-ring (bicyclic) bond motifs is 1. The lowest BCUT2D eigenvalue weighted by Crippen LogP contribution is -2.37. The van der Waals surface area contributed by atoms with Gasteiger partial charge in [-0.25, -0.2) is 0 Å². The van der Waals surface area contributed by atoms with Crippen molar-refractivity contribution in [1.29, 1.82) is 0 Å². The van der Waals surface area contributed by atoms with E-state index in [0.717, 1.165) is 24.8 Å². The van der Waals surface area contributed by atoms with Crippen LogP contribution < -0.4 is 10.6 Å². The zero-order chi connectivity index (χ0) is 13.0. The summed E-state index contributed by atoms with van der Waals surface area (Å²) in [5, 5.41) is 10.2. The molecule has 2 N–H and O–H groups in total. The van der Waals surface area contributed by atoms with E-state index in [1.807, 2.05) is 17.9 Å². The highest BCUT2D eigenvalue weighted by atomic mass is 16.1. The summed E-state index contributed by atoms with van der Waals surface area (Å²) in [7, 11) is 1.94. The van der Waals surface area contributed by atoms with Gasteiger partial charge in [-0.05, 0) is 19.3 Å². The molecule has 96 valence electrons. The Morgan fingerprint density at radius 1 is 1.72 bits per heavy atom. The molecule has 5 heteroatoms. The van der Waals surface area contributed by atoms with Crippen LogP contribution in [0.5, 0.6) is 0 Å². The summed E-state index contributed by atoms with van der Waals surface area (Å²) in [4.78, 5) is 11.7. The van der Waals surface area contributed by atoms with Crippen molar-refractivity contribution >= 4 is 5.91 Å². The highest BCUT2D eigenvalue weighted by Crippen LogP contribution is 2.28. The number of nitrogens with one attached hydrogen (secondary N) is 2. The molecule has 18 heavy (non-hydrogen) atoms. The molecule has 1 heterocycles. The molecular formula is C13H18N4O. The number of amides is 1. The number of aryl methyl sites for hydroxylation is 1. The predicted octanol–water partition coefficient (Wildman–Crippen LogP) is 0.136. The minimum atomic E-state index is -0.0213. The summed E-state index contributed by atoms with van der Waals surface area (Å²) in [6.07, 6.45) is 10.1. The lowest BCUT2D eigenvalue weighted by molar-refractivity contribution is -0.121. The number of rotatable bonds is 4. The standard InChI is InChI=1S/C13H18N4O/c1-3-7-14-9-13(18)16-11-5-4-6-12-10(11)8-15-17(12)2/h1,8,11,14H,4-7,9H2,2H3,(H,16,18). The topological polar surface area (TPSA) is 59.0 Å². The molecule has 1 aromatic heterocycles. The molecule has 1 aliphatic carbocycles. The van der Waals surface area contributed by atoms with Gasteiger partial charge in [0.25, 0.3) is 0 Å². The SMILES string of the molecule is C#CCNCC(=O)NC1CCCc2c1cnn2C. The molecule has 0 radical (unpaired) electrons. The van der Waals surface area contributed by atoms with Crippen LogP contribution in [0.2, 0.25) is 0 Å². The van der Waals surface area contributed by atoms with Gasteiger partial charge in [0.1, 0.15) is 0 Å². The second-order valence-corrected chi connectivity index (χ2v) is 4.49. The molecule has 2 rings (SSSR count). The van der Waals surface area contributed by atoms with E-state index in [1.165, 1.54) is 5.69 Å². The molecule has 0 saturated heterocycles. The fourth-order valence-electron chi connectivity index (χ4n) is 2.35. The zero-order valence-corrected chi connectivity index (χ0v) is 10.6. The number of carbonyl (C=O) groups is 1. The molecule has 1 aromatic rings. The van der Waals surface area contributed by atoms with Gasteiger partial charge in [-0.2, -0.15) is 5.10 Å². The summed E-state index contributed by atoms with van der Waals surface area (Å²) < 4.78 is 1.89. The lowest BCUT2D eigenvalue weighted by Gasteiger charge is -2.23. The van der Waals surface area contributed by atoms with E-state index in [2.05, 4.69) is 21.7 Å². The largest absolute Gasteiger partial charge is 0.348 e. The van der Waals surface area contributed by atoms with E-state index in [9.17, 15) is 4.79 Å². The lowest BCUT2D eigenvalue weighted by atomic mass is 9.93. The average molecular weight is 246 g/mol. The molecule has 1 unspecified atom stereocenters. The molecule has 0 fully saturated rings. The van der Waals surface area contributed by atoms with Gasteiger partial charge in [-0.3, -0.25) is 14.8 Å². The molecular weight excluding hydrogens is 228 g/mol. The van der Waals surface area contributed by atoms with Crippen LogP contribution in [-0.4, -0.2) is 28.8 Å². The van der Waals surface area contributed by atoms with Crippen LogP contribution in [0.1, 0.15) is 30.1 Å². The van der Waals surface area contributed by atoms with Crippen molar-refractivity contribution in [3.63, 3.8) is 0 Å². The number of hydrogen-bond donors (Lipinski definition) is 2. The van der Waals surface area contributed by atoms with Crippen LogP contribution in [0.15, 0.2) is 6.20 Å². The van der Waals surface area contributed by atoms with Crippen LogP contribution in [0.25, 0.3) is 0 Å². The average Bonchev–Trinajstić information content (AvgIpc) is 2.73. The third-order valence-electron chi connectivity index (χ3n) is 3.22. The van der Waals surface area contributed by atoms with Gasteiger partial charge in [0.2, 0.25) is 5.91 Å². The first-order valence-corrected chi connectivity index (χ1v) is 6.16. The smallest absolute Gasteiger partial charge is 0.234 e. The molecule has 1 aliphatic rings. The minimum absolute atomic E-state index is 0.0213. The van der Waals surface area contributed by atoms with Gasteiger partial charge in [-0.1, -0.05) is 5.92 Å². The highest BCUT2D eigenvalue weighted by Gasteiger charge is 2.24. The van der Waals surface area contributed by atoms with E-state index in [0.29, 0.717) is 6.54 Å². The maximum Gasteiger partial charge on any atom is 0.234 e. The number of nitrogens with zero attached hydrogens (tertiary/aromatic N) is 2. The van der Waals surface area contributed by atoms with Crippen molar-refractivity contribution in [1.82, 2.24) is 20.4 Å². The number of terminal acetylenes is 1. The van der Waals surface area contributed by atoms with E-state index < -0.39 is 0 Å². The van der Waals surface area contributed by atoms with Gasteiger partial charge < -0.3 is 5.32 Å². The first-order chi connectivity index (χ1) is 8.72. The zero-order valence-electron chi connectivity index (χ0n) is 10.6. The Labute approximate surface area is 107 Å². The van der Waals surface area contributed by atoms with Crippen LogP contribution >= 0.6 is 0 Å². The maximum atomic E-state index is 11.7. The molecule has 0 aromatic carbocycles. The highest BCUT2D eigenvalue weighted by molar-refractivity contribution is 5.78. The Hall–Kier alpha value is -1.80. The van der Waals surface area contributed by atoms with Crippen molar-refractivity contribution in [3.05, 3.63) is 17.5 Å². The van der Waals surface area contributed by atoms with Crippen molar-refractivity contribution < 1.29 is 4.79 Å². The Morgan fingerprint density at radius 2 is 2.56 bits per heavy atom. The van der Waals surface area contributed by atoms with Gasteiger partial charge in [0.05, 0.1) is 25.3 Å². The summed E-state index contributed by atoms with van der Waals surface area (Å²) in [5.74, 6) is 2.42. The Morgan fingerprint density at radius 3 is 3.33 bits per heavy atom. The predicted molar refractivity (Wildman–Crippen MR) is 68.7 cm³/mol. The monoisotopic (exact) mass is 246 g/mol. The third kappa shape index (κ3) is 2.71. The van der Waals surface area contributed by atoms with E-state index in [-0.39, 0.29) is 18.5 Å². The van der Waals surface area contributed by atoms with E-state index in [4.69, 9.17) is 6.42 Å². The first kappa shape index (κ1) is 12.7. The summed E-state index contributed by atoms with van der Waals surface area (Å²) in [5.41, 5.74) is 2.37. The normalized spacial score (nSPS) is 17.9. The van der Waals surface area contributed by atoms with Crippen molar-refractivity contribution in [2.75, 3.05) is 13.1 Å². The Balaban J connectivity index is 1.95. The van der Waals surface area contributed by atoms with E-state index >= 15 is 0 Å². The fraction of sp³-hybridized carbons (Fsp3) is 0.538. The molecule has 0 aliphatic heterocycles. The van der Waals surface area contributed by atoms with Crippen LogP contribution in [-0.2, 0) is 18.3 Å². The number of aromatic nitrogens is 2. The maximum absolute atomic E-state index is 11.7. The number of carbonyl (C=O) groups excluding carboxylic acids is 1. The Bertz CT molecular complexity index is 472. The second-order valence-electron chi connectivity index (χ2n) is 4.49. The van der Waals surface area contributed by atoms with Crippen molar-refractivity contribution in [3.8, 4) is 12.3 Å². The second kappa shape index (κ2) is 5.69. The molecule has 1 atom stereocenters. The minimum Gasteiger partial charge on any atom is -0.348 e. The van der Waals surface area contributed by atoms with Crippen molar-refractivity contribution in [2.24, 2.45) is 7.05 Å². The van der Waals surface area contributed by atoms with Crippen LogP contribution in [0.3, 0.4) is 0 Å². The van der Waals surface area contributed by atoms with E-state index in [1.54, 1.807) is 0 Å². The Kier molecular flexibility index (Phi) is 4.00.